The molecule has 2 rings (SSSR count). The topological polar surface area (TPSA) is 41.1 Å². The minimum absolute atomic E-state index is 0.0716. The van der Waals surface area contributed by atoms with Crippen LogP contribution < -0.4 is 10.6 Å². The second-order valence-corrected chi connectivity index (χ2v) is 6.30. The fraction of sp³-hybridized carbons (Fsp3) is 0.588. The molecule has 2 amide bonds. The van der Waals surface area contributed by atoms with Crippen molar-refractivity contribution in [2.75, 3.05) is 5.32 Å². The van der Waals surface area contributed by atoms with Crippen LogP contribution in [-0.2, 0) is 0 Å². The summed E-state index contributed by atoms with van der Waals surface area (Å²) in [6, 6.07) is 8.28. The van der Waals surface area contributed by atoms with Crippen molar-refractivity contribution in [3.8, 4) is 0 Å². The van der Waals surface area contributed by atoms with E-state index in [-0.39, 0.29) is 6.03 Å². The van der Waals surface area contributed by atoms with Gasteiger partial charge in [-0.2, -0.15) is 0 Å². The molecule has 1 aromatic carbocycles. The van der Waals surface area contributed by atoms with Crippen molar-refractivity contribution in [1.82, 2.24) is 5.32 Å². The Balaban J connectivity index is 1.91. The van der Waals surface area contributed by atoms with Crippen LogP contribution in [0.5, 0.6) is 0 Å². The number of carbonyl (C=O) groups is 1. The molecule has 1 aliphatic rings. The fourth-order valence-electron chi connectivity index (χ4n) is 2.86. The van der Waals surface area contributed by atoms with Gasteiger partial charge in [-0.25, -0.2) is 4.79 Å². The minimum Gasteiger partial charge on any atom is -0.335 e. The predicted octanol–water partition coefficient (Wildman–Crippen LogP) is 4.51. The molecule has 3 nitrogen and oxygen atoms in total. The van der Waals surface area contributed by atoms with Crippen molar-refractivity contribution < 1.29 is 4.79 Å². The van der Waals surface area contributed by atoms with Crippen LogP contribution in [0.4, 0.5) is 10.5 Å². The molecule has 3 heteroatoms. The summed E-state index contributed by atoms with van der Waals surface area (Å²) in [5.74, 6) is 1.21. The highest BCUT2D eigenvalue weighted by Gasteiger charge is 2.20. The number of hydrogen-bond acceptors (Lipinski definition) is 1. The molecule has 0 heterocycles. The van der Waals surface area contributed by atoms with Gasteiger partial charge in [-0.05, 0) is 49.1 Å². The average molecular weight is 274 g/mol. The summed E-state index contributed by atoms with van der Waals surface area (Å²) in [7, 11) is 0. The summed E-state index contributed by atoms with van der Waals surface area (Å²) in [6.07, 6.45) is 4.63. The van der Waals surface area contributed by atoms with Gasteiger partial charge < -0.3 is 10.6 Å². The molecule has 1 saturated carbocycles. The number of para-hydroxylation sites is 1. The maximum absolute atomic E-state index is 12.1. The van der Waals surface area contributed by atoms with Crippen molar-refractivity contribution in [3.63, 3.8) is 0 Å². The molecule has 0 spiro atoms. The normalized spacial score (nSPS) is 22.6. The number of urea groups is 1. The van der Waals surface area contributed by atoms with Crippen molar-refractivity contribution in [2.45, 2.75) is 58.4 Å². The second-order valence-electron chi connectivity index (χ2n) is 6.30. The quantitative estimate of drug-likeness (QED) is 0.836. The lowest BCUT2D eigenvalue weighted by Gasteiger charge is -2.27. The third-order valence-electron chi connectivity index (χ3n) is 4.18. The van der Waals surface area contributed by atoms with Crippen LogP contribution in [0.25, 0.3) is 0 Å². The van der Waals surface area contributed by atoms with Crippen LogP contribution in [0.3, 0.4) is 0 Å². The molecule has 1 fully saturated rings. The summed E-state index contributed by atoms with van der Waals surface area (Å²) in [5, 5.41) is 6.10. The van der Waals surface area contributed by atoms with Gasteiger partial charge >= 0.3 is 6.03 Å². The lowest BCUT2D eigenvalue weighted by atomic mass is 9.87. The van der Waals surface area contributed by atoms with E-state index in [0.717, 1.165) is 24.4 Å². The molecule has 0 unspecified atom stereocenters. The summed E-state index contributed by atoms with van der Waals surface area (Å²) >= 11 is 0. The van der Waals surface area contributed by atoms with E-state index in [1.54, 1.807) is 0 Å². The highest BCUT2D eigenvalue weighted by atomic mass is 16.2. The van der Waals surface area contributed by atoms with E-state index < -0.39 is 0 Å². The predicted molar refractivity (Wildman–Crippen MR) is 84.1 cm³/mol. The Morgan fingerprint density at radius 1 is 1.15 bits per heavy atom. The molecule has 0 bridgehead atoms. The molecule has 2 N–H and O–H groups in total. The minimum atomic E-state index is -0.0716. The summed E-state index contributed by atoms with van der Waals surface area (Å²) in [5.41, 5.74) is 2.10. The van der Waals surface area contributed by atoms with E-state index in [1.807, 2.05) is 18.2 Å². The van der Waals surface area contributed by atoms with E-state index in [2.05, 4.69) is 37.5 Å². The van der Waals surface area contributed by atoms with Gasteiger partial charge in [0.2, 0.25) is 0 Å². The Morgan fingerprint density at radius 2 is 1.80 bits per heavy atom. The fourth-order valence-corrected chi connectivity index (χ4v) is 2.86. The molecule has 1 aromatic rings. The SMILES string of the molecule is CC1CCC(NC(=O)Nc2ccccc2C(C)C)CC1. The molecular weight excluding hydrogens is 248 g/mol. The Hall–Kier alpha value is -1.51. The first-order valence-electron chi connectivity index (χ1n) is 7.72. The molecule has 0 aromatic heterocycles. The average Bonchev–Trinajstić information content (AvgIpc) is 2.41. The maximum Gasteiger partial charge on any atom is 0.319 e. The van der Waals surface area contributed by atoms with E-state index >= 15 is 0 Å². The lowest BCUT2D eigenvalue weighted by Crippen LogP contribution is -2.40. The molecule has 0 aliphatic heterocycles. The maximum atomic E-state index is 12.1. The second kappa shape index (κ2) is 6.78. The Labute approximate surface area is 122 Å². The summed E-state index contributed by atoms with van der Waals surface area (Å²) < 4.78 is 0. The van der Waals surface area contributed by atoms with Gasteiger partial charge in [-0.15, -0.1) is 0 Å². The number of amides is 2. The zero-order valence-electron chi connectivity index (χ0n) is 12.8. The van der Waals surface area contributed by atoms with Gasteiger partial charge in [-0.3, -0.25) is 0 Å². The largest absolute Gasteiger partial charge is 0.335 e. The molecule has 20 heavy (non-hydrogen) atoms. The van der Waals surface area contributed by atoms with Crippen molar-refractivity contribution in [1.29, 1.82) is 0 Å². The number of benzene rings is 1. The van der Waals surface area contributed by atoms with Gasteiger partial charge in [0.05, 0.1) is 0 Å². The lowest BCUT2D eigenvalue weighted by molar-refractivity contribution is 0.239. The van der Waals surface area contributed by atoms with Crippen molar-refractivity contribution in [3.05, 3.63) is 29.8 Å². The van der Waals surface area contributed by atoms with Crippen molar-refractivity contribution >= 4 is 11.7 Å². The van der Waals surface area contributed by atoms with E-state index in [0.29, 0.717) is 12.0 Å². The summed E-state index contributed by atoms with van der Waals surface area (Å²) in [4.78, 5) is 12.1. The highest BCUT2D eigenvalue weighted by molar-refractivity contribution is 5.90. The number of anilines is 1. The first-order chi connectivity index (χ1) is 9.56. The van der Waals surface area contributed by atoms with Gasteiger partial charge in [-0.1, -0.05) is 39.0 Å². The van der Waals surface area contributed by atoms with Crippen LogP contribution >= 0.6 is 0 Å². The van der Waals surface area contributed by atoms with Crippen LogP contribution in [0.2, 0.25) is 0 Å². The summed E-state index contributed by atoms with van der Waals surface area (Å²) in [6.45, 7) is 6.57. The monoisotopic (exact) mass is 274 g/mol. The molecule has 0 saturated heterocycles. The number of nitrogens with one attached hydrogen (secondary N) is 2. The highest BCUT2D eigenvalue weighted by Crippen LogP contribution is 2.25. The van der Waals surface area contributed by atoms with Gasteiger partial charge in [0.1, 0.15) is 0 Å². The molecule has 1 aliphatic carbocycles. The molecule has 110 valence electrons. The third-order valence-corrected chi connectivity index (χ3v) is 4.18. The van der Waals surface area contributed by atoms with Crippen LogP contribution in [-0.4, -0.2) is 12.1 Å². The van der Waals surface area contributed by atoms with E-state index in [1.165, 1.54) is 18.4 Å². The smallest absolute Gasteiger partial charge is 0.319 e. The molecule has 0 radical (unpaired) electrons. The Morgan fingerprint density at radius 3 is 2.45 bits per heavy atom. The van der Waals surface area contributed by atoms with Crippen LogP contribution in [0.15, 0.2) is 24.3 Å². The van der Waals surface area contributed by atoms with Crippen LogP contribution in [0, 0.1) is 5.92 Å². The van der Waals surface area contributed by atoms with Gasteiger partial charge in [0.15, 0.2) is 0 Å². The first-order valence-corrected chi connectivity index (χ1v) is 7.72. The number of carbonyl (C=O) groups excluding carboxylic acids is 1. The van der Waals surface area contributed by atoms with Gasteiger partial charge in [0, 0.05) is 11.7 Å². The first kappa shape index (κ1) is 14.9. The third kappa shape index (κ3) is 3.99. The zero-order valence-corrected chi connectivity index (χ0v) is 12.8. The molecule has 0 atom stereocenters. The standard InChI is InChI=1S/C17H26N2O/c1-12(2)15-6-4-5-7-16(15)19-17(20)18-14-10-8-13(3)9-11-14/h4-7,12-14H,8-11H2,1-3H3,(H2,18,19,20). The number of hydrogen-bond donors (Lipinski definition) is 2. The number of rotatable bonds is 3. The molecular formula is C17H26N2O. The van der Waals surface area contributed by atoms with Crippen molar-refractivity contribution in [2.24, 2.45) is 5.92 Å². The van der Waals surface area contributed by atoms with E-state index in [4.69, 9.17) is 0 Å². The zero-order chi connectivity index (χ0) is 14.5. The van der Waals surface area contributed by atoms with E-state index in [9.17, 15) is 4.79 Å². The Kier molecular flexibility index (Phi) is 5.05. The Bertz CT molecular complexity index is 448. The van der Waals surface area contributed by atoms with Crippen LogP contribution in [0.1, 0.15) is 57.9 Å². The van der Waals surface area contributed by atoms with Gasteiger partial charge in [0.25, 0.3) is 0 Å².